The molecule has 4 heteroatoms. The summed E-state index contributed by atoms with van der Waals surface area (Å²) in [5.74, 6) is 0.00581. The van der Waals surface area contributed by atoms with Crippen LogP contribution < -0.4 is 5.32 Å². The van der Waals surface area contributed by atoms with Crippen molar-refractivity contribution in [3.63, 3.8) is 0 Å². The van der Waals surface area contributed by atoms with Crippen molar-refractivity contribution < 1.29 is 6.53 Å². The lowest BCUT2D eigenvalue weighted by Crippen LogP contribution is -2.43. The number of benzene rings is 2. The van der Waals surface area contributed by atoms with Crippen LogP contribution in [0.3, 0.4) is 0 Å². The second kappa shape index (κ2) is 8.55. The summed E-state index contributed by atoms with van der Waals surface area (Å²) < 4.78 is 0. The van der Waals surface area contributed by atoms with Crippen LogP contribution in [0.4, 0.5) is 0 Å². The van der Waals surface area contributed by atoms with Crippen LogP contribution in [0, 0.1) is 0 Å². The molecule has 136 valence electrons. The van der Waals surface area contributed by atoms with Gasteiger partial charge in [0.05, 0.1) is 15.6 Å². The Morgan fingerprint density at radius 3 is 2.40 bits per heavy atom. The number of nitrogens with one attached hydrogen (secondary N) is 1. The minimum Gasteiger partial charge on any atom is -0.389 e. The Balaban J connectivity index is 0.00000243. The Bertz CT molecular complexity index is 690. The maximum atomic E-state index is 11.3. The van der Waals surface area contributed by atoms with Gasteiger partial charge in [-0.25, -0.2) is 0 Å². The summed E-state index contributed by atoms with van der Waals surface area (Å²) in [6, 6.07) is 16.1. The van der Waals surface area contributed by atoms with Gasteiger partial charge >= 0.3 is 0 Å². The SMILES string of the molecule is OC1(C(CNCc2ccccc2)c2ccc(Cl)c(Cl)c2)CCCCC1.[HH]. The highest BCUT2D eigenvalue weighted by Crippen LogP contribution is 2.41. The molecule has 2 nitrogen and oxygen atoms in total. The van der Waals surface area contributed by atoms with Gasteiger partial charge in [-0.2, -0.15) is 0 Å². The number of rotatable bonds is 6. The van der Waals surface area contributed by atoms with Gasteiger partial charge in [-0.15, -0.1) is 0 Å². The molecule has 2 N–H and O–H groups in total. The second-order valence-corrected chi connectivity index (χ2v) is 7.82. The van der Waals surface area contributed by atoms with Crippen molar-refractivity contribution in [2.45, 2.75) is 50.2 Å². The molecule has 0 aliphatic heterocycles. The molecule has 0 bridgehead atoms. The molecule has 0 saturated heterocycles. The van der Waals surface area contributed by atoms with Gasteiger partial charge in [-0.3, -0.25) is 0 Å². The van der Waals surface area contributed by atoms with Crippen LogP contribution in [0.25, 0.3) is 0 Å². The highest BCUT2D eigenvalue weighted by Gasteiger charge is 2.38. The largest absolute Gasteiger partial charge is 0.389 e. The quantitative estimate of drug-likeness (QED) is 0.663. The minimum atomic E-state index is -0.681. The van der Waals surface area contributed by atoms with Crippen LogP contribution in [0.15, 0.2) is 48.5 Å². The standard InChI is InChI=1S/C21H25Cl2NO.H2/c22-19-10-9-17(13-20(19)23)18(21(25)11-5-2-6-12-21)15-24-14-16-7-3-1-4-8-16;/h1,3-4,7-10,13,18,24-25H,2,5-6,11-12,14-15H2;1H. The van der Waals surface area contributed by atoms with Crippen molar-refractivity contribution in [3.05, 3.63) is 69.7 Å². The lowest BCUT2D eigenvalue weighted by atomic mass is 9.72. The van der Waals surface area contributed by atoms with E-state index in [-0.39, 0.29) is 7.34 Å². The van der Waals surface area contributed by atoms with Gasteiger partial charge in [0.15, 0.2) is 0 Å². The Hall–Kier alpha value is -1.06. The first kappa shape index (κ1) is 18.7. The van der Waals surface area contributed by atoms with E-state index in [1.54, 1.807) is 0 Å². The Kier molecular flexibility index (Phi) is 6.40. The predicted molar refractivity (Wildman–Crippen MR) is 108 cm³/mol. The zero-order valence-electron chi connectivity index (χ0n) is 14.3. The monoisotopic (exact) mass is 379 g/mol. The average molecular weight is 380 g/mol. The smallest absolute Gasteiger partial charge is 0.0728 e. The second-order valence-electron chi connectivity index (χ2n) is 7.01. The van der Waals surface area contributed by atoms with E-state index in [2.05, 4.69) is 17.4 Å². The molecule has 0 spiro atoms. The lowest BCUT2D eigenvalue weighted by Gasteiger charge is -2.40. The summed E-state index contributed by atoms with van der Waals surface area (Å²) in [6.45, 7) is 1.50. The number of hydrogen-bond donors (Lipinski definition) is 2. The summed E-state index contributed by atoms with van der Waals surface area (Å²) in [7, 11) is 0. The molecule has 2 aromatic carbocycles. The topological polar surface area (TPSA) is 32.3 Å². The third-order valence-electron chi connectivity index (χ3n) is 5.23. The maximum absolute atomic E-state index is 11.3. The van der Waals surface area contributed by atoms with Crippen molar-refractivity contribution in [1.29, 1.82) is 0 Å². The molecule has 3 rings (SSSR count). The molecular formula is C21H27Cl2NO. The first-order chi connectivity index (χ1) is 12.1. The first-order valence-electron chi connectivity index (χ1n) is 9.00. The molecule has 1 aliphatic rings. The van der Waals surface area contributed by atoms with Gasteiger partial charge in [-0.1, -0.05) is 78.9 Å². The fourth-order valence-electron chi connectivity index (χ4n) is 3.82. The fraction of sp³-hybridized carbons (Fsp3) is 0.429. The van der Waals surface area contributed by atoms with E-state index < -0.39 is 5.60 Å². The third kappa shape index (κ3) is 4.77. The molecule has 1 saturated carbocycles. The van der Waals surface area contributed by atoms with Crippen LogP contribution in [0.2, 0.25) is 10.0 Å². The molecule has 0 radical (unpaired) electrons. The summed E-state index contributed by atoms with van der Waals surface area (Å²) in [4.78, 5) is 0. The van der Waals surface area contributed by atoms with E-state index in [1.165, 1.54) is 12.0 Å². The van der Waals surface area contributed by atoms with Crippen LogP contribution in [-0.4, -0.2) is 17.3 Å². The van der Waals surface area contributed by atoms with Crippen molar-refractivity contribution in [3.8, 4) is 0 Å². The van der Waals surface area contributed by atoms with Gasteiger partial charge in [0, 0.05) is 20.4 Å². The lowest BCUT2D eigenvalue weighted by molar-refractivity contribution is -0.0216. The molecule has 1 atom stereocenters. The van der Waals surface area contributed by atoms with E-state index in [9.17, 15) is 5.11 Å². The summed E-state index contributed by atoms with van der Waals surface area (Å²) in [6.07, 6.45) is 5.03. The molecule has 1 aliphatic carbocycles. The molecule has 0 heterocycles. The fourth-order valence-corrected chi connectivity index (χ4v) is 4.12. The van der Waals surface area contributed by atoms with Crippen molar-refractivity contribution in [2.75, 3.05) is 6.54 Å². The van der Waals surface area contributed by atoms with Crippen molar-refractivity contribution in [1.82, 2.24) is 5.32 Å². The average Bonchev–Trinajstić information content (AvgIpc) is 2.63. The highest BCUT2D eigenvalue weighted by molar-refractivity contribution is 6.42. The zero-order chi connectivity index (χ0) is 17.7. The van der Waals surface area contributed by atoms with Crippen LogP contribution in [0.5, 0.6) is 0 Å². The van der Waals surface area contributed by atoms with E-state index in [1.807, 2.05) is 36.4 Å². The normalized spacial score (nSPS) is 18.0. The van der Waals surface area contributed by atoms with E-state index in [0.29, 0.717) is 16.6 Å². The van der Waals surface area contributed by atoms with Crippen molar-refractivity contribution in [2.24, 2.45) is 0 Å². The number of hydrogen-bond acceptors (Lipinski definition) is 2. The van der Waals surface area contributed by atoms with Crippen LogP contribution in [-0.2, 0) is 6.54 Å². The maximum Gasteiger partial charge on any atom is 0.0728 e. The minimum absolute atomic E-state index is 0. The van der Waals surface area contributed by atoms with Crippen LogP contribution in [0.1, 0.15) is 50.6 Å². The number of halogens is 2. The van der Waals surface area contributed by atoms with Crippen molar-refractivity contribution >= 4 is 23.2 Å². The van der Waals surface area contributed by atoms with Gasteiger partial charge in [-0.05, 0) is 36.1 Å². The first-order valence-corrected chi connectivity index (χ1v) is 9.76. The molecule has 1 fully saturated rings. The molecule has 0 aromatic heterocycles. The van der Waals surface area contributed by atoms with Crippen LogP contribution >= 0.6 is 23.2 Å². The predicted octanol–water partition coefficient (Wildman–Crippen LogP) is 5.81. The van der Waals surface area contributed by atoms with E-state index in [4.69, 9.17) is 23.2 Å². The molecule has 0 amide bonds. The van der Waals surface area contributed by atoms with Gasteiger partial charge in [0.25, 0.3) is 0 Å². The summed E-state index contributed by atoms with van der Waals surface area (Å²) >= 11 is 12.3. The van der Waals surface area contributed by atoms with Gasteiger partial charge in [0.1, 0.15) is 0 Å². The number of aliphatic hydroxyl groups is 1. The molecule has 1 unspecified atom stereocenters. The Labute approximate surface area is 161 Å². The Morgan fingerprint density at radius 2 is 1.72 bits per heavy atom. The summed E-state index contributed by atoms with van der Waals surface area (Å²) in [5, 5.41) is 15.9. The van der Waals surface area contributed by atoms with E-state index >= 15 is 0 Å². The van der Waals surface area contributed by atoms with Gasteiger partial charge < -0.3 is 10.4 Å². The Morgan fingerprint density at radius 1 is 1.00 bits per heavy atom. The molecule has 2 aromatic rings. The van der Waals surface area contributed by atoms with E-state index in [0.717, 1.165) is 37.8 Å². The highest BCUT2D eigenvalue weighted by atomic mass is 35.5. The molecule has 25 heavy (non-hydrogen) atoms. The molecular weight excluding hydrogens is 353 g/mol. The van der Waals surface area contributed by atoms with Gasteiger partial charge in [0.2, 0.25) is 0 Å². The zero-order valence-corrected chi connectivity index (χ0v) is 15.9. The summed E-state index contributed by atoms with van der Waals surface area (Å²) in [5.41, 5.74) is 1.62. The third-order valence-corrected chi connectivity index (χ3v) is 5.97.